The first-order chi connectivity index (χ1) is 5.87. The predicted molar refractivity (Wildman–Crippen MR) is 49.5 cm³/mol. The van der Waals surface area contributed by atoms with Crippen LogP contribution in [0.3, 0.4) is 0 Å². The Morgan fingerprint density at radius 3 is 2.23 bits per heavy atom. The topological polar surface area (TPSA) is 66.4 Å². The maximum atomic E-state index is 11.3. The lowest BCUT2D eigenvalue weighted by atomic mass is 9.80. The number of ketones is 1. The predicted octanol–water partition coefficient (Wildman–Crippen LogP) is 0.440. The number of carbonyl (C=O) groups is 2. The lowest BCUT2D eigenvalue weighted by Crippen LogP contribution is -2.49. The van der Waals surface area contributed by atoms with Gasteiger partial charge in [0.2, 0.25) is 0 Å². The van der Waals surface area contributed by atoms with Gasteiger partial charge in [0, 0.05) is 0 Å². The van der Waals surface area contributed by atoms with Crippen molar-refractivity contribution in [3.8, 4) is 0 Å². The van der Waals surface area contributed by atoms with Crippen molar-refractivity contribution in [3.05, 3.63) is 12.7 Å². The first-order valence-electron chi connectivity index (χ1n) is 3.94. The van der Waals surface area contributed by atoms with Crippen LogP contribution in [0.25, 0.3) is 0 Å². The Kier molecular flexibility index (Phi) is 3.81. The summed E-state index contributed by atoms with van der Waals surface area (Å²) in [5.41, 5.74) is -0.970. The summed E-state index contributed by atoms with van der Waals surface area (Å²) in [4.78, 5) is 22.1. The Balaban J connectivity index is 4.86. The molecule has 0 saturated heterocycles. The Hall–Kier alpha value is -1.16. The fourth-order valence-corrected chi connectivity index (χ4v) is 1.20. The molecule has 0 fully saturated rings. The SMILES string of the molecule is C=CC(=O)C(C)(C)C(NC)C(=O)O. The van der Waals surface area contributed by atoms with E-state index in [1.807, 2.05) is 0 Å². The van der Waals surface area contributed by atoms with Crippen molar-refractivity contribution >= 4 is 11.8 Å². The summed E-state index contributed by atoms with van der Waals surface area (Å²) >= 11 is 0. The van der Waals surface area contributed by atoms with Crippen LogP contribution in [0.15, 0.2) is 12.7 Å². The van der Waals surface area contributed by atoms with Crippen LogP contribution >= 0.6 is 0 Å². The monoisotopic (exact) mass is 185 g/mol. The van der Waals surface area contributed by atoms with Crippen LogP contribution in [0, 0.1) is 5.41 Å². The molecule has 4 nitrogen and oxygen atoms in total. The fraction of sp³-hybridized carbons (Fsp3) is 0.556. The van der Waals surface area contributed by atoms with Crippen molar-refractivity contribution in [3.63, 3.8) is 0 Å². The van der Waals surface area contributed by atoms with E-state index in [0.717, 1.165) is 6.08 Å². The summed E-state index contributed by atoms with van der Waals surface area (Å²) < 4.78 is 0. The smallest absolute Gasteiger partial charge is 0.321 e. The minimum atomic E-state index is -1.04. The highest BCUT2D eigenvalue weighted by molar-refractivity contribution is 5.97. The molecule has 74 valence electrons. The fourth-order valence-electron chi connectivity index (χ4n) is 1.20. The third-order valence-corrected chi connectivity index (χ3v) is 2.08. The summed E-state index contributed by atoms with van der Waals surface area (Å²) in [5, 5.41) is 11.4. The Bertz CT molecular complexity index is 233. The van der Waals surface area contributed by atoms with Gasteiger partial charge in [-0.3, -0.25) is 9.59 Å². The standard InChI is InChI=1S/C9H15NO3/c1-5-6(11)9(2,3)7(10-4)8(12)13/h5,7,10H,1H2,2-4H3,(H,12,13). The summed E-state index contributed by atoms with van der Waals surface area (Å²) in [6.45, 7) is 6.48. The van der Waals surface area contributed by atoms with Crippen LogP contribution in [0.4, 0.5) is 0 Å². The molecule has 0 aliphatic carbocycles. The molecule has 1 unspecified atom stereocenters. The third-order valence-electron chi connectivity index (χ3n) is 2.08. The second-order valence-electron chi connectivity index (χ2n) is 3.35. The number of carboxylic acids is 1. The van der Waals surface area contributed by atoms with Crippen molar-refractivity contribution in [2.75, 3.05) is 7.05 Å². The zero-order valence-corrected chi connectivity index (χ0v) is 8.13. The van der Waals surface area contributed by atoms with Gasteiger partial charge in [-0.25, -0.2) is 0 Å². The van der Waals surface area contributed by atoms with Crippen LogP contribution < -0.4 is 5.32 Å². The first kappa shape index (κ1) is 11.8. The molecule has 0 heterocycles. The molecule has 0 aromatic heterocycles. The van der Waals surface area contributed by atoms with Crippen molar-refractivity contribution in [1.82, 2.24) is 5.32 Å². The molecule has 0 radical (unpaired) electrons. The van der Waals surface area contributed by atoms with Crippen LogP contribution in [-0.4, -0.2) is 29.9 Å². The quantitative estimate of drug-likeness (QED) is 0.610. The van der Waals surface area contributed by atoms with E-state index in [1.54, 1.807) is 13.8 Å². The summed E-state index contributed by atoms with van der Waals surface area (Å²) in [6.07, 6.45) is 1.15. The molecule has 0 bridgehead atoms. The summed E-state index contributed by atoms with van der Waals surface area (Å²) in [6, 6.07) is -0.891. The molecule has 0 amide bonds. The average Bonchev–Trinajstić information content (AvgIpc) is 2.02. The number of aliphatic carboxylic acids is 1. The normalized spacial score (nSPS) is 13.5. The second kappa shape index (κ2) is 4.18. The van der Waals surface area contributed by atoms with E-state index in [-0.39, 0.29) is 5.78 Å². The lowest BCUT2D eigenvalue weighted by Gasteiger charge is -2.28. The van der Waals surface area contributed by atoms with E-state index >= 15 is 0 Å². The van der Waals surface area contributed by atoms with Gasteiger partial charge in [0.1, 0.15) is 6.04 Å². The van der Waals surface area contributed by atoms with E-state index in [1.165, 1.54) is 7.05 Å². The molecule has 0 spiro atoms. The number of hydrogen-bond acceptors (Lipinski definition) is 3. The van der Waals surface area contributed by atoms with Gasteiger partial charge in [-0.05, 0) is 13.1 Å². The van der Waals surface area contributed by atoms with E-state index in [9.17, 15) is 9.59 Å². The van der Waals surface area contributed by atoms with Gasteiger partial charge in [0.05, 0.1) is 5.41 Å². The molecular weight excluding hydrogens is 170 g/mol. The molecule has 0 aromatic rings. The number of rotatable bonds is 5. The van der Waals surface area contributed by atoms with Gasteiger partial charge in [0.25, 0.3) is 0 Å². The number of carbonyl (C=O) groups excluding carboxylic acids is 1. The van der Waals surface area contributed by atoms with Gasteiger partial charge < -0.3 is 10.4 Å². The molecule has 0 aromatic carbocycles. The average molecular weight is 185 g/mol. The van der Waals surface area contributed by atoms with E-state index in [2.05, 4.69) is 11.9 Å². The van der Waals surface area contributed by atoms with Crippen LogP contribution in [-0.2, 0) is 9.59 Å². The third kappa shape index (κ3) is 2.39. The van der Waals surface area contributed by atoms with Gasteiger partial charge >= 0.3 is 5.97 Å². The minimum absolute atomic E-state index is 0.283. The molecule has 0 saturated carbocycles. The molecule has 0 rings (SSSR count). The Labute approximate surface area is 77.6 Å². The first-order valence-corrected chi connectivity index (χ1v) is 3.94. The van der Waals surface area contributed by atoms with Crippen molar-refractivity contribution < 1.29 is 14.7 Å². The number of likely N-dealkylation sites (N-methyl/N-ethyl adjacent to an activating group) is 1. The molecule has 0 aliphatic heterocycles. The summed E-state index contributed by atoms with van der Waals surface area (Å²) in [5.74, 6) is -1.32. The highest BCUT2D eigenvalue weighted by Crippen LogP contribution is 2.22. The number of hydrogen-bond donors (Lipinski definition) is 2. The zero-order chi connectivity index (χ0) is 10.6. The highest BCUT2D eigenvalue weighted by Gasteiger charge is 2.38. The lowest BCUT2D eigenvalue weighted by molar-refractivity contribution is -0.145. The van der Waals surface area contributed by atoms with Gasteiger partial charge in [-0.1, -0.05) is 20.4 Å². The van der Waals surface area contributed by atoms with Crippen LogP contribution in [0.2, 0.25) is 0 Å². The van der Waals surface area contributed by atoms with Crippen LogP contribution in [0.1, 0.15) is 13.8 Å². The van der Waals surface area contributed by atoms with Gasteiger partial charge in [0.15, 0.2) is 5.78 Å². The number of allylic oxidation sites excluding steroid dienone is 1. The minimum Gasteiger partial charge on any atom is -0.480 e. The molecule has 2 N–H and O–H groups in total. The van der Waals surface area contributed by atoms with Crippen LogP contribution in [0.5, 0.6) is 0 Å². The molecular formula is C9H15NO3. The maximum Gasteiger partial charge on any atom is 0.321 e. The molecule has 1 atom stereocenters. The Morgan fingerprint density at radius 2 is 2.00 bits per heavy atom. The number of nitrogens with one attached hydrogen (secondary N) is 1. The number of carboxylic acid groups (broad SMARTS) is 1. The highest BCUT2D eigenvalue weighted by atomic mass is 16.4. The second-order valence-corrected chi connectivity index (χ2v) is 3.35. The Morgan fingerprint density at radius 1 is 1.54 bits per heavy atom. The maximum absolute atomic E-state index is 11.3. The van der Waals surface area contributed by atoms with E-state index < -0.39 is 17.4 Å². The van der Waals surface area contributed by atoms with Crippen molar-refractivity contribution in [2.45, 2.75) is 19.9 Å². The van der Waals surface area contributed by atoms with E-state index in [0.29, 0.717) is 0 Å². The largest absolute Gasteiger partial charge is 0.480 e. The molecule has 13 heavy (non-hydrogen) atoms. The van der Waals surface area contributed by atoms with Crippen molar-refractivity contribution in [2.24, 2.45) is 5.41 Å². The van der Waals surface area contributed by atoms with Gasteiger partial charge in [-0.15, -0.1) is 0 Å². The zero-order valence-electron chi connectivity index (χ0n) is 8.13. The molecule has 0 aliphatic rings. The molecule has 4 heteroatoms. The van der Waals surface area contributed by atoms with Gasteiger partial charge in [-0.2, -0.15) is 0 Å². The van der Waals surface area contributed by atoms with Crippen molar-refractivity contribution in [1.29, 1.82) is 0 Å². The van der Waals surface area contributed by atoms with E-state index in [4.69, 9.17) is 5.11 Å². The summed E-state index contributed by atoms with van der Waals surface area (Å²) in [7, 11) is 1.51.